The Morgan fingerprint density at radius 3 is 3.12 bits per heavy atom. The number of nitrogens with one attached hydrogen (secondary N) is 1. The summed E-state index contributed by atoms with van der Waals surface area (Å²) < 4.78 is 8.44. The highest BCUT2D eigenvalue weighted by Gasteiger charge is 2.11. The standard InChI is InChI=1S/C10H12N4O2S/c1-7-9(17-14-13-7)10(15)11-4-2-3-8-5-12-16-6-8/h5-6H,2-4H2,1H3,(H,11,15). The molecular weight excluding hydrogens is 240 g/mol. The van der Waals surface area contributed by atoms with Gasteiger partial charge in [0.15, 0.2) is 0 Å². The summed E-state index contributed by atoms with van der Waals surface area (Å²) >= 11 is 1.12. The van der Waals surface area contributed by atoms with Gasteiger partial charge in [-0.25, -0.2) is 0 Å². The van der Waals surface area contributed by atoms with Crippen LogP contribution in [-0.2, 0) is 6.42 Å². The van der Waals surface area contributed by atoms with Crippen molar-refractivity contribution in [1.82, 2.24) is 20.1 Å². The molecular formula is C10H12N4O2S. The Balaban J connectivity index is 1.72. The van der Waals surface area contributed by atoms with Crippen molar-refractivity contribution in [3.8, 4) is 0 Å². The second-order valence-electron chi connectivity index (χ2n) is 3.58. The lowest BCUT2D eigenvalue weighted by atomic mass is 10.2. The topological polar surface area (TPSA) is 80.9 Å². The summed E-state index contributed by atoms with van der Waals surface area (Å²) in [6.45, 7) is 2.39. The maximum atomic E-state index is 11.7. The number of carbonyl (C=O) groups is 1. The van der Waals surface area contributed by atoms with Gasteiger partial charge < -0.3 is 9.84 Å². The molecule has 0 saturated carbocycles. The SMILES string of the molecule is Cc1nnsc1C(=O)NCCCc1cnoc1. The molecule has 0 spiro atoms. The summed E-state index contributed by atoms with van der Waals surface area (Å²) in [5, 5.41) is 10.2. The Kier molecular flexibility index (Phi) is 3.81. The van der Waals surface area contributed by atoms with Crippen LogP contribution in [0.2, 0.25) is 0 Å². The Morgan fingerprint density at radius 2 is 2.47 bits per heavy atom. The van der Waals surface area contributed by atoms with Crippen molar-refractivity contribution in [3.63, 3.8) is 0 Å². The van der Waals surface area contributed by atoms with E-state index in [0.29, 0.717) is 17.1 Å². The first-order chi connectivity index (χ1) is 8.27. The molecule has 17 heavy (non-hydrogen) atoms. The minimum atomic E-state index is -0.109. The van der Waals surface area contributed by atoms with Crippen molar-refractivity contribution >= 4 is 17.4 Å². The van der Waals surface area contributed by atoms with Crippen LogP contribution in [0.15, 0.2) is 17.0 Å². The van der Waals surface area contributed by atoms with Crippen molar-refractivity contribution in [2.45, 2.75) is 19.8 Å². The molecule has 0 unspecified atom stereocenters. The molecule has 2 rings (SSSR count). The van der Waals surface area contributed by atoms with E-state index in [4.69, 9.17) is 4.52 Å². The quantitative estimate of drug-likeness (QED) is 0.808. The fourth-order valence-corrected chi connectivity index (χ4v) is 1.94. The first kappa shape index (κ1) is 11.7. The number of aromatic nitrogens is 3. The zero-order valence-corrected chi connectivity index (χ0v) is 10.2. The molecule has 2 heterocycles. The highest BCUT2D eigenvalue weighted by Crippen LogP contribution is 2.08. The number of amides is 1. The Bertz CT molecular complexity index is 480. The lowest BCUT2D eigenvalue weighted by molar-refractivity contribution is 0.0956. The van der Waals surface area contributed by atoms with Crippen LogP contribution in [0.1, 0.15) is 27.3 Å². The zero-order valence-electron chi connectivity index (χ0n) is 9.34. The smallest absolute Gasteiger partial charge is 0.264 e. The van der Waals surface area contributed by atoms with Gasteiger partial charge in [0.25, 0.3) is 5.91 Å². The van der Waals surface area contributed by atoms with Gasteiger partial charge in [0.2, 0.25) is 0 Å². The third-order valence-electron chi connectivity index (χ3n) is 2.27. The van der Waals surface area contributed by atoms with E-state index in [1.54, 1.807) is 19.4 Å². The average Bonchev–Trinajstić information content (AvgIpc) is 2.95. The van der Waals surface area contributed by atoms with Gasteiger partial charge in [-0.3, -0.25) is 4.79 Å². The van der Waals surface area contributed by atoms with Gasteiger partial charge >= 0.3 is 0 Å². The second kappa shape index (κ2) is 5.53. The molecule has 0 saturated heterocycles. The molecule has 0 radical (unpaired) electrons. The first-order valence-electron chi connectivity index (χ1n) is 5.23. The largest absolute Gasteiger partial charge is 0.364 e. The number of carbonyl (C=O) groups excluding carboxylic acids is 1. The van der Waals surface area contributed by atoms with Crippen molar-refractivity contribution in [2.75, 3.05) is 6.54 Å². The van der Waals surface area contributed by atoms with Gasteiger partial charge in [-0.2, -0.15) is 0 Å². The maximum Gasteiger partial charge on any atom is 0.264 e. The molecule has 0 aliphatic rings. The van der Waals surface area contributed by atoms with E-state index >= 15 is 0 Å². The Labute approximate surface area is 102 Å². The van der Waals surface area contributed by atoms with Crippen LogP contribution in [0.3, 0.4) is 0 Å². The molecule has 0 atom stereocenters. The summed E-state index contributed by atoms with van der Waals surface area (Å²) in [6.07, 6.45) is 4.97. The molecule has 0 aliphatic carbocycles. The number of hydrogen-bond donors (Lipinski definition) is 1. The van der Waals surface area contributed by atoms with Crippen molar-refractivity contribution in [3.05, 3.63) is 28.6 Å². The van der Waals surface area contributed by atoms with E-state index in [2.05, 4.69) is 20.1 Å². The van der Waals surface area contributed by atoms with Gasteiger partial charge in [-0.05, 0) is 31.3 Å². The maximum absolute atomic E-state index is 11.7. The van der Waals surface area contributed by atoms with E-state index < -0.39 is 0 Å². The highest BCUT2D eigenvalue weighted by molar-refractivity contribution is 7.07. The number of rotatable bonds is 5. The molecule has 0 bridgehead atoms. The van der Waals surface area contributed by atoms with Crippen LogP contribution in [0.25, 0.3) is 0 Å². The van der Waals surface area contributed by atoms with E-state index in [1.807, 2.05) is 0 Å². The summed E-state index contributed by atoms with van der Waals surface area (Å²) in [5.74, 6) is -0.109. The van der Waals surface area contributed by atoms with Crippen molar-refractivity contribution < 1.29 is 9.32 Å². The van der Waals surface area contributed by atoms with Gasteiger partial charge in [0.1, 0.15) is 11.1 Å². The van der Waals surface area contributed by atoms with E-state index in [0.717, 1.165) is 29.9 Å². The molecule has 90 valence electrons. The minimum Gasteiger partial charge on any atom is -0.364 e. The fraction of sp³-hybridized carbons (Fsp3) is 0.400. The molecule has 7 heteroatoms. The molecule has 1 amide bonds. The predicted molar refractivity (Wildman–Crippen MR) is 61.8 cm³/mol. The summed E-state index contributed by atoms with van der Waals surface area (Å²) in [7, 11) is 0. The lowest BCUT2D eigenvalue weighted by Gasteiger charge is -2.02. The summed E-state index contributed by atoms with van der Waals surface area (Å²) in [4.78, 5) is 12.3. The highest BCUT2D eigenvalue weighted by atomic mass is 32.1. The van der Waals surface area contributed by atoms with Gasteiger partial charge in [0, 0.05) is 12.1 Å². The van der Waals surface area contributed by atoms with Crippen molar-refractivity contribution in [2.24, 2.45) is 0 Å². The zero-order chi connectivity index (χ0) is 12.1. The number of nitrogens with zero attached hydrogens (tertiary/aromatic N) is 3. The third kappa shape index (κ3) is 3.10. The Hall–Kier alpha value is -1.76. The second-order valence-corrected chi connectivity index (χ2v) is 4.33. The van der Waals surface area contributed by atoms with Crippen LogP contribution in [0.5, 0.6) is 0 Å². The molecule has 0 aliphatic heterocycles. The molecule has 2 aromatic rings. The van der Waals surface area contributed by atoms with Crippen LogP contribution in [0.4, 0.5) is 0 Å². The third-order valence-corrected chi connectivity index (χ3v) is 3.10. The predicted octanol–water partition coefficient (Wildman–Crippen LogP) is 1.20. The number of aryl methyl sites for hydroxylation is 2. The number of hydrogen-bond acceptors (Lipinski definition) is 6. The average molecular weight is 252 g/mol. The lowest BCUT2D eigenvalue weighted by Crippen LogP contribution is -2.24. The van der Waals surface area contributed by atoms with Gasteiger partial charge in [0.05, 0.1) is 11.9 Å². The van der Waals surface area contributed by atoms with Crippen molar-refractivity contribution in [1.29, 1.82) is 0 Å². The summed E-state index contributed by atoms with van der Waals surface area (Å²) in [5.41, 5.74) is 1.71. The monoisotopic (exact) mass is 252 g/mol. The fourth-order valence-electron chi connectivity index (χ4n) is 1.36. The normalized spacial score (nSPS) is 10.4. The van der Waals surface area contributed by atoms with E-state index in [9.17, 15) is 4.79 Å². The van der Waals surface area contributed by atoms with Gasteiger partial charge in [-0.15, -0.1) is 5.10 Å². The Morgan fingerprint density at radius 1 is 1.59 bits per heavy atom. The molecule has 2 aromatic heterocycles. The van der Waals surface area contributed by atoms with Crippen LogP contribution in [0, 0.1) is 6.92 Å². The van der Waals surface area contributed by atoms with Crippen LogP contribution < -0.4 is 5.32 Å². The van der Waals surface area contributed by atoms with Crippen LogP contribution >= 0.6 is 11.5 Å². The summed E-state index contributed by atoms with van der Waals surface area (Å²) in [6, 6.07) is 0. The van der Waals surface area contributed by atoms with E-state index in [1.165, 1.54) is 0 Å². The molecule has 0 fully saturated rings. The molecule has 0 aromatic carbocycles. The first-order valence-corrected chi connectivity index (χ1v) is 6.00. The van der Waals surface area contributed by atoms with Crippen LogP contribution in [-0.4, -0.2) is 27.2 Å². The molecule has 6 nitrogen and oxygen atoms in total. The van der Waals surface area contributed by atoms with Gasteiger partial charge in [-0.1, -0.05) is 9.64 Å². The minimum absolute atomic E-state index is 0.109. The van der Waals surface area contributed by atoms with E-state index in [-0.39, 0.29) is 5.91 Å². The molecule has 1 N–H and O–H groups in total.